The molecule has 1 N–H and O–H groups in total. The zero-order valence-electron chi connectivity index (χ0n) is 12.6. The number of hydrogen-bond acceptors (Lipinski definition) is 2. The number of carbonyl (C=O) groups excluding carboxylic acids is 1. The van der Waals surface area contributed by atoms with Crippen LogP contribution in [0.1, 0.15) is 48.0 Å². The van der Waals surface area contributed by atoms with E-state index in [1.807, 2.05) is 47.6 Å². The summed E-state index contributed by atoms with van der Waals surface area (Å²) in [4.78, 5) is 11.3. The average molecular weight is 253 g/mol. The fourth-order valence-corrected chi connectivity index (χ4v) is 0.813. The van der Waals surface area contributed by atoms with Crippen molar-refractivity contribution in [3.63, 3.8) is 0 Å². The van der Waals surface area contributed by atoms with Crippen LogP contribution in [-0.4, -0.2) is 11.7 Å². The number of alkyl carbamates (subject to hydrolysis) is 1. The van der Waals surface area contributed by atoms with Crippen molar-refractivity contribution in [2.24, 2.45) is 0 Å². The van der Waals surface area contributed by atoms with E-state index in [2.05, 4.69) is 18.5 Å². The molecule has 3 nitrogen and oxygen atoms in total. The number of rotatable bonds is 4. The second-order valence-electron chi connectivity index (χ2n) is 4.50. The average Bonchev–Trinajstić information content (AvgIpc) is 2.25. The molecule has 0 aliphatic heterocycles. The van der Waals surface area contributed by atoms with E-state index in [9.17, 15) is 4.79 Å². The monoisotopic (exact) mass is 253 g/mol. The lowest BCUT2D eigenvalue weighted by Crippen LogP contribution is -2.31. The van der Waals surface area contributed by atoms with Crippen LogP contribution in [0.4, 0.5) is 4.79 Å². The summed E-state index contributed by atoms with van der Waals surface area (Å²) in [5.41, 5.74) is 0.970. The summed E-state index contributed by atoms with van der Waals surface area (Å²) in [6, 6.07) is 0. The zero-order chi connectivity index (χ0) is 14.8. The second kappa shape index (κ2) is 9.51. The third-order valence-electron chi connectivity index (χ3n) is 1.64. The highest BCUT2D eigenvalue weighted by Crippen LogP contribution is 2.07. The molecule has 0 aromatic carbocycles. The predicted molar refractivity (Wildman–Crippen MR) is 78.4 cm³/mol. The summed E-state index contributed by atoms with van der Waals surface area (Å²) in [5.74, 6) is 0. The normalized spacial score (nSPS) is 10.3. The van der Waals surface area contributed by atoms with Crippen LogP contribution >= 0.6 is 0 Å². The maximum atomic E-state index is 11.3. The highest BCUT2D eigenvalue weighted by atomic mass is 16.6. The minimum atomic E-state index is -0.499. The van der Waals surface area contributed by atoms with Gasteiger partial charge in [0.25, 0.3) is 0 Å². The standard InChI is InChI=1S/C13H21NO2.C2H6/c1-7-10(2)8-9-11(3)14-12(15)16-13(4,5)6;1-2/h8-9H,2-3,7H2,1,4-6H3,(H,14,15);1-2H3/b9-8-;. The lowest BCUT2D eigenvalue weighted by Gasteiger charge is -2.19. The Labute approximate surface area is 112 Å². The van der Waals surface area contributed by atoms with Crippen molar-refractivity contribution >= 4 is 6.09 Å². The fourth-order valence-electron chi connectivity index (χ4n) is 0.813. The van der Waals surface area contributed by atoms with Crippen LogP contribution in [0.25, 0.3) is 0 Å². The molecular weight excluding hydrogens is 226 g/mol. The number of allylic oxidation sites excluding steroid dienone is 3. The molecule has 0 aliphatic rings. The van der Waals surface area contributed by atoms with E-state index in [1.165, 1.54) is 0 Å². The van der Waals surface area contributed by atoms with Gasteiger partial charge in [0.2, 0.25) is 0 Å². The molecule has 0 aromatic heterocycles. The molecule has 0 aromatic rings. The Morgan fingerprint density at radius 3 is 2.11 bits per heavy atom. The minimum Gasteiger partial charge on any atom is -0.444 e. The quantitative estimate of drug-likeness (QED) is 0.745. The molecule has 3 heteroatoms. The summed E-state index contributed by atoms with van der Waals surface area (Å²) in [6.45, 7) is 18.9. The third kappa shape index (κ3) is 12.6. The molecule has 0 aliphatic carbocycles. The number of carbonyl (C=O) groups is 1. The van der Waals surface area contributed by atoms with E-state index in [4.69, 9.17) is 4.74 Å². The van der Waals surface area contributed by atoms with Crippen LogP contribution in [0, 0.1) is 0 Å². The molecule has 0 heterocycles. The molecule has 0 atom stereocenters. The molecule has 1 amide bonds. The van der Waals surface area contributed by atoms with E-state index >= 15 is 0 Å². The molecule has 0 rings (SSSR count). The van der Waals surface area contributed by atoms with Crippen LogP contribution in [0.5, 0.6) is 0 Å². The van der Waals surface area contributed by atoms with Gasteiger partial charge in [-0.1, -0.05) is 45.6 Å². The summed E-state index contributed by atoms with van der Waals surface area (Å²) in [6.07, 6.45) is 3.90. The summed E-state index contributed by atoms with van der Waals surface area (Å²) in [7, 11) is 0. The zero-order valence-corrected chi connectivity index (χ0v) is 12.6. The Morgan fingerprint density at radius 2 is 1.72 bits per heavy atom. The van der Waals surface area contributed by atoms with Crippen LogP contribution < -0.4 is 5.32 Å². The molecule has 0 radical (unpaired) electrons. The molecule has 0 saturated carbocycles. The molecule has 0 spiro atoms. The predicted octanol–water partition coefficient (Wildman–Crippen LogP) is 4.57. The Morgan fingerprint density at radius 1 is 1.22 bits per heavy atom. The van der Waals surface area contributed by atoms with Crippen LogP contribution in [0.2, 0.25) is 0 Å². The first-order valence-corrected chi connectivity index (χ1v) is 6.29. The van der Waals surface area contributed by atoms with Crippen molar-refractivity contribution < 1.29 is 9.53 Å². The molecule has 18 heavy (non-hydrogen) atoms. The number of amides is 1. The van der Waals surface area contributed by atoms with Crippen molar-refractivity contribution in [3.8, 4) is 0 Å². The fraction of sp³-hybridized carbons (Fsp3) is 0.533. The first kappa shape index (κ1) is 18.8. The van der Waals surface area contributed by atoms with Crippen molar-refractivity contribution in [2.75, 3.05) is 0 Å². The Bertz CT molecular complexity index is 309. The van der Waals surface area contributed by atoms with E-state index in [-0.39, 0.29) is 0 Å². The van der Waals surface area contributed by atoms with Crippen molar-refractivity contribution in [3.05, 3.63) is 36.6 Å². The Kier molecular flexibility index (Phi) is 9.96. The molecule has 104 valence electrons. The maximum Gasteiger partial charge on any atom is 0.412 e. The maximum absolute atomic E-state index is 11.3. The lowest BCUT2D eigenvalue weighted by molar-refractivity contribution is 0.0548. The molecular formula is C15H27NO2. The Balaban J connectivity index is 0. The van der Waals surface area contributed by atoms with Gasteiger partial charge in [0.1, 0.15) is 5.60 Å². The van der Waals surface area contributed by atoms with Gasteiger partial charge in [0, 0.05) is 5.70 Å². The molecule has 0 unspecified atom stereocenters. The van der Waals surface area contributed by atoms with Gasteiger partial charge in [0.15, 0.2) is 0 Å². The van der Waals surface area contributed by atoms with Gasteiger partial charge in [0.05, 0.1) is 0 Å². The van der Waals surface area contributed by atoms with Gasteiger partial charge < -0.3 is 4.74 Å². The SMILES string of the molecule is C=C(/C=C\C(=C)NC(=O)OC(C)(C)C)CC.CC. The number of ether oxygens (including phenoxy) is 1. The van der Waals surface area contributed by atoms with Crippen molar-refractivity contribution in [1.29, 1.82) is 0 Å². The number of nitrogens with one attached hydrogen (secondary N) is 1. The molecule has 0 saturated heterocycles. The van der Waals surface area contributed by atoms with Gasteiger partial charge in [-0.15, -0.1) is 0 Å². The first-order chi connectivity index (χ1) is 8.24. The van der Waals surface area contributed by atoms with E-state index < -0.39 is 11.7 Å². The Hall–Kier alpha value is -1.51. The van der Waals surface area contributed by atoms with Crippen LogP contribution in [0.3, 0.4) is 0 Å². The third-order valence-corrected chi connectivity index (χ3v) is 1.64. The van der Waals surface area contributed by atoms with Gasteiger partial charge in [-0.2, -0.15) is 0 Å². The highest BCUT2D eigenvalue weighted by molar-refractivity contribution is 5.70. The van der Waals surface area contributed by atoms with E-state index in [0.717, 1.165) is 12.0 Å². The first-order valence-electron chi connectivity index (χ1n) is 6.29. The molecule has 0 fully saturated rings. The lowest BCUT2D eigenvalue weighted by atomic mass is 10.2. The van der Waals surface area contributed by atoms with Gasteiger partial charge in [-0.25, -0.2) is 4.79 Å². The summed E-state index contributed by atoms with van der Waals surface area (Å²) < 4.78 is 5.07. The topological polar surface area (TPSA) is 38.3 Å². The summed E-state index contributed by atoms with van der Waals surface area (Å²) in [5, 5.41) is 2.53. The van der Waals surface area contributed by atoms with E-state index in [1.54, 1.807) is 6.08 Å². The van der Waals surface area contributed by atoms with E-state index in [0.29, 0.717) is 5.70 Å². The van der Waals surface area contributed by atoms with Crippen molar-refractivity contribution in [2.45, 2.75) is 53.6 Å². The largest absolute Gasteiger partial charge is 0.444 e. The smallest absolute Gasteiger partial charge is 0.412 e. The van der Waals surface area contributed by atoms with Gasteiger partial charge in [-0.3, -0.25) is 5.32 Å². The molecule has 0 bridgehead atoms. The minimum absolute atomic E-state index is 0.490. The number of hydrogen-bond donors (Lipinski definition) is 1. The highest BCUT2D eigenvalue weighted by Gasteiger charge is 2.15. The van der Waals surface area contributed by atoms with Gasteiger partial charge >= 0.3 is 6.09 Å². The summed E-state index contributed by atoms with van der Waals surface area (Å²) >= 11 is 0. The van der Waals surface area contributed by atoms with Crippen LogP contribution in [0.15, 0.2) is 36.6 Å². The van der Waals surface area contributed by atoms with Gasteiger partial charge in [-0.05, 0) is 33.3 Å². The second-order valence-corrected chi connectivity index (χ2v) is 4.50. The van der Waals surface area contributed by atoms with Crippen LogP contribution in [-0.2, 0) is 4.74 Å². The van der Waals surface area contributed by atoms with Crippen molar-refractivity contribution in [1.82, 2.24) is 5.32 Å².